The van der Waals surface area contributed by atoms with Crippen LogP contribution in [-0.4, -0.2) is 25.2 Å². The first-order valence-electron chi connectivity index (χ1n) is 10.1. The van der Waals surface area contributed by atoms with Gasteiger partial charge in [-0.05, 0) is 29.2 Å². The Morgan fingerprint density at radius 2 is 1.48 bits per heavy atom. The fraction of sp³-hybridized carbons (Fsp3) is 0.200. The van der Waals surface area contributed by atoms with Crippen molar-refractivity contribution in [3.05, 3.63) is 101 Å². The number of carbonyl (C=O) groups excluding carboxylic acids is 2. The van der Waals surface area contributed by atoms with Gasteiger partial charge in [0.15, 0.2) is 0 Å². The molecule has 3 aromatic carbocycles. The Kier molecular flexibility index (Phi) is 7.38. The summed E-state index contributed by atoms with van der Waals surface area (Å²) in [6.07, 6.45) is -0.204. The number of methoxy groups -OCH3 is 1. The van der Waals surface area contributed by atoms with E-state index in [-0.39, 0.29) is 5.69 Å². The number of anilines is 1. The molecule has 31 heavy (non-hydrogen) atoms. The normalized spacial score (nSPS) is 11.6. The number of nitrogens with one attached hydrogen (secondary N) is 2. The van der Waals surface area contributed by atoms with Crippen LogP contribution >= 0.6 is 0 Å². The van der Waals surface area contributed by atoms with Gasteiger partial charge in [0.05, 0.1) is 12.8 Å². The van der Waals surface area contributed by atoms with Crippen LogP contribution in [0.2, 0.25) is 0 Å². The molecule has 0 aliphatic heterocycles. The Labute approximate surface area is 181 Å². The van der Waals surface area contributed by atoms with Gasteiger partial charge in [-0.3, -0.25) is 4.79 Å². The summed E-state index contributed by atoms with van der Waals surface area (Å²) in [5.74, 6) is -1.58. The minimum atomic E-state index is -1.04. The predicted molar refractivity (Wildman–Crippen MR) is 118 cm³/mol. The van der Waals surface area contributed by atoms with Crippen molar-refractivity contribution in [2.24, 2.45) is 0 Å². The summed E-state index contributed by atoms with van der Waals surface area (Å²) in [7, 11) is 1.23. The summed E-state index contributed by atoms with van der Waals surface area (Å²) >= 11 is 0. The Balaban J connectivity index is 2.06. The number of benzene rings is 3. The van der Waals surface area contributed by atoms with Crippen molar-refractivity contribution < 1.29 is 18.7 Å². The summed E-state index contributed by atoms with van der Waals surface area (Å²) in [5.41, 5.74) is 2.44. The van der Waals surface area contributed by atoms with E-state index in [1.54, 1.807) is 12.1 Å². The first kappa shape index (κ1) is 22.0. The highest BCUT2D eigenvalue weighted by Gasteiger charge is 2.33. The number of para-hydroxylation sites is 1. The van der Waals surface area contributed by atoms with E-state index < -0.39 is 29.8 Å². The molecule has 2 N–H and O–H groups in total. The van der Waals surface area contributed by atoms with Gasteiger partial charge >= 0.3 is 6.09 Å². The molecule has 160 valence electrons. The van der Waals surface area contributed by atoms with Gasteiger partial charge in [-0.15, -0.1) is 0 Å². The number of amides is 2. The zero-order valence-corrected chi connectivity index (χ0v) is 17.5. The molecule has 6 heteroatoms. The number of rotatable bonds is 7. The maximum Gasteiger partial charge on any atom is 0.407 e. The lowest BCUT2D eigenvalue weighted by molar-refractivity contribution is -0.118. The third-order valence-electron chi connectivity index (χ3n) is 5.12. The van der Waals surface area contributed by atoms with E-state index in [1.165, 1.54) is 13.2 Å². The summed E-state index contributed by atoms with van der Waals surface area (Å²) in [6, 6.07) is 22.4. The summed E-state index contributed by atoms with van der Waals surface area (Å²) in [5, 5.41) is 5.34. The second kappa shape index (κ2) is 10.4. The van der Waals surface area contributed by atoms with Gasteiger partial charge in [0.25, 0.3) is 0 Å². The van der Waals surface area contributed by atoms with Crippen molar-refractivity contribution >= 4 is 17.7 Å². The molecule has 0 fully saturated rings. The summed E-state index contributed by atoms with van der Waals surface area (Å²) in [4.78, 5) is 25.6. The maximum absolute atomic E-state index is 14.5. The third kappa shape index (κ3) is 5.28. The number of ether oxygens (including phenoxy) is 1. The van der Waals surface area contributed by atoms with E-state index in [9.17, 15) is 14.0 Å². The van der Waals surface area contributed by atoms with Gasteiger partial charge in [-0.25, -0.2) is 9.18 Å². The molecule has 3 rings (SSSR count). The van der Waals surface area contributed by atoms with E-state index in [2.05, 4.69) is 10.6 Å². The van der Waals surface area contributed by atoms with Crippen molar-refractivity contribution in [2.45, 2.75) is 25.3 Å². The fourth-order valence-electron chi connectivity index (χ4n) is 3.59. The largest absolute Gasteiger partial charge is 0.453 e. The second-order valence-electron chi connectivity index (χ2n) is 7.03. The Hall–Kier alpha value is -3.67. The van der Waals surface area contributed by atoms with E-state index in [0.717, 1.165) is 11.1 Å². The van der Waals surface area contributed by atoms with Crippen molar-refractivity contribution in [3.63, 3.8) is 0 Å². The molecule has 1 atom stereocenters. The quantitative estimate of drug-likeness (QED) is 0.572. The Morgan fingerprint density at radius 3 is 2.00 bits per heavy atom. The van der Waals surface area contributed by atoms with Crippen molar-refractivity contribution in [3.8, 4) is 0 Å². The molecule has 0 bridgehead atoms. The average molecular weight is 420 g/mol. The Bertz CT molecular complexity index is 986. The number of carbonyl (C=O) groups is 2. The second-order valence-corrected chi connectivity index (χ2v) is 7.03. The molecule has 3 aromatic rings. The van der Waals surface area contributed by atoms with Gasteiger partial charge in [0, 0.05) is 5.92 Å². The molecular formula is C25H25FN2O3. The van der Waals surface area contributed by atoms with E-state index in [1.807, 2.05) is 67.6 Å². The highest BCUT2D eigenvalue weighted by atomic mass is 19.1. The van der Waals surface area contributed by atoms with Crippen LogP contribution < -0.4 is 10.6 Å². The molecule has 1 unspecified atom stereocenters. The van der Waals surface area contributed by atoms with Gasteiger partial charge in [-0.2, -0.15) is 0 Å². The first-order valence-corrected chi connectivity index (χ1v) is 10.1. The molecular weight excluding hydrogens is 395 g/mol. The molecule has 0 radical (unpaired) electrons. The van der Waals surface area contributed by atoms with Crippen LogP contribution in [0, 0.1) is 5.82 Å². The SMILES string of the molecule is CCc1cccc(F)c1NC(=O)C(NC(=O)OC)C(c1ccccc1)c1ccccc1. The Morgan fingerprint density at radius 1 is 0.903 bits per heavy atom. The van der Waals surface area contributed by atoms with Crippen LogP contribution in [0.4, 0.5) is 14.9 Å². The number of alkyl carbamates (subject to hydrolysis) is 1. The van der Waals surface area contributed by atoms with Crippen LogP contribution in [0.25, 0.3) is 0 Å². The van der Waals surface area contributed by atoms with Gasteiger partial charge < -0.3 is 15.4 Å². The van der Waals surface area contributed by atoms with Gasteiger partial charge in [-0.1, -0.05) is 79.7 Å². The first-order chi connectivity index (χ1) is 15.0. The van der Waals surface area contributed by atoms with Crippen molar-refractivity contribution in [1.82, 2.24) is 5.32 Å². The lowest BCUT2D eigenvalue weighted by atomic mass is 9.84. The standard InChI is InChI=1S/C25H25FN2O3/c1-3-17-15-10-16-20(26)22(17)27-24(29)23(28-25(30)31-2)21(18-11-6-4-7-12-18)19-13-8-5-9-14-19/h4-16,21,23H,3H2,1-2H3,(H,27,29)(H,28,30). The van der Waals surface area contributed by atoms with E-state index >= 15 is 0 Å². The number of hydrogen-bond donors (Lipinski definition) is 2. The van der Waals surface area contributed by atoms with Crippen LogP contribution in [0.1, 0.15) is 29.5 Å². The van der Waals surface area contributed by atoms with Crippen molar-refractivity contribution in [1.29, 1.82) is 0 Å². The monoisotopic (exact) mass is 420 g/mol. The lowest BCUT2D eigenvalue weighted by Crippen LogP contribution is -2.48. The molecule has 5 nitrogen and oxygen atoms in total. The number of hydrogen-bond acceptors (Lipinski definition) is 3. The smallest absolute Gasteiger partial charge is 0.407 e. The molecule has 0 spiro atoms. The van der Waals surface area contributed by atoms with Gasteiger partial charge in [0.2, 0.25) is 5.91 Å². The summed E-state index contributed by atoms with van der Waals surface area (Å²) in [6.45, 7) is 1.88. The number of aryl methyl sites for hydroxylation is 1. The third-order valence-corrected chi connectivity index (χ3v) is 5.12. The number of halogens is 1. The zero-order chi connectivity index (χ0) is 22.2. The molecule has 0 saturated carbocycles. The maximum atomic E-state index is 14.5. The highest BCUT2D eigenvalue weighted by Crippen LogP contribution is 2.30. The van der Waals surface area contributed by atoms with Crippen LogP contribution in [-0.2, 0) is 16.0 Å². The van der Waals surface area contributed by atoms with Crippen LogP contribution in [0.5, 0.6) is 0 Å². The molecule has 0 aliphatic rings. The highest BCUT2D eigenvalue weighted by molar-refractivity contribution is 5.98. The van der Waals surface area contributed by atoms with E-state index in [0.29, 0.717) is 12.0 Å². The minimum Gasteiger partial charge on any atom is -0.453 e. The van der Waals surface area contributed by atoms with Crippen LogP contribution in [0.3, 0.4) is 0 Å². The predicted octanol–water partition coefficient (Wildman–Crippen LogP) is 4.88. The van der Waals surface area contributed by atoms with Crippen molar-refractivity contribution in [2.75, 3.05) is 12.4 Å². The van der Waals surface area contributed by atoms with Gasteiger partial charge in [0.1, 0.15) is 11.9 Å². The molecule has 2 amide bonds. The molecule has 0 saturated heterocycles. The molecule has 0 heterocycles. The van der Waals surface area contributed by atoms with E-state index in [4.69, 9.17) is 4.74 Å². The van der Waals surface area contributed by atoms with Crippen LogP contribution in [0.15, 0.2) is 78.9 Å². The zero-order valence-electron chi connectivity index (χ0n) is 17.5. The summed E-state index contributed by atoms with van der Waals surface area (Å²) < 4.78 is 19.3. The lowest BCUT2D eigenvalue weighted by Gasteiger charge is -2.28. The fourth-order valence-corrected chi connectivity index (χ4v) is 3.59. The molecule has 0 aromatic heterocycles. The minimum absolute atomic E-state index is 0.117. The average Bonchev–Trinajstić information content (AvgIpc) is 2.81. The topological polar surface area (TPSA) is 67.4 Å². The molecule has 0 aliphatic carbocycles.